The number of hydrogen-bond acceptors (Lipinski definition) is 2. The Kier molecular flexibility index (Phi) is 4.91. The molecule has 2 aromatic carbocycles. The third kappa shape index (κ3) is 4.24. The molecule has 0 aromatic heterocycles. The van der Waals surface area contributed by atoms with Gasteiger partial charge in [0.15, 0.2) is 0 Å². The van der Waals surface area contributed by atoms with Crippen molar-refractivity contribution in [3.8, 4) is 5.75 Å². The van der Waals surface area contributed by atoms with Gasteiger partial charge in [-0.1, -0.05) is 42.5 Å². The number of amides is 1. The molecule has 1 N–H and O–H groups in total. The molecule has 0 atom stereocenters. The summed E-state index contributed by atoms with van der Waals surface area (Å²) in [5.41, 5.74) is 2.19. The summed E-state index contributed by atoms with van der Waals surface area (Å²) in [6.45, 7) is 0.542. The van der Waals surface area contributed by atoms with Crippen LogP contribution in [-0.2, 0) is 11.4 Å². The first-order valence-corrected chi connectivity index (χ1v) is 10.9. The van der Waals surface area contributed by atoms with E-state index in [9.17, 15) is 4.79 Å². The van der Waals surface area contributed by atoms with Crippen molar-refractivity contribution in [2.24, 2.45) is 17.8 Å². The minimum atomic E-state index is 0.0440. The van der Waals surface area contributed by atoms with Gasteiger partial charge >= 0.3 is 0 Å². The smallest absolute Gasteiger partial charge is 0.244 e. The van der Waals surface area contributed by atoms with Crippen LogP contribution in [0.3, 0.4) is 0 Å². The lowest BCUT2D eigenvalue weighted by molar-refractivity contribution is -0.122. The summed E-state index contributed by atoms with van der Waals surface area (Å²) in [4.78, 5) is 12.7. The first kappa shape index (κ1) is 18.5. The van der Waals surface area contributed by atoms with Gasteiger partial charge in [0.1, 0.15) is 12.4 Å². The molecule has 0 spiro atoms. The van der Waals surface area contributed by atoms with Crippen LogP contribution < -0.4 is 10.1 Å². The van der Waals surface area contributed by atoms with Gasteiger partial charge in [0.2, 0.25) is 5.91 Å². The van der Waals surface area contributed by atoms with Gasteiger partial charge in [0, 0.05) is 11.6 Å². The Morgan fingerprint density at radius 3 is 2.34 bits per heavy atom. The molecule has 0 aliphatic heterocycles. The average molecular weight is 388 g/mol. The summed E-state index contributed by atoms with van der Waals surface area (Å²) in [5.74, 6) is 3.37. The monoisotopic (exact) mass is 387 g/mol. The van der Waals surface area contributed by atoms with E-state index in [4.69, 9.17) is 4.74 Å². The van der Waals surface area contributed by atoms with Crippen molar-refractivity contribution in [3.63, 3.8) is 0 Å². The van der Waals surface area contributed by atoms with Gasteiger partial charge < -0.3 is 10.1 Å². The van der Waals surface area contributed by atoms with Gasteiger partial charge in [-0.3, -0.25) is 4.79 Å². The molecule has 6 rings (SSSR count). The Morgan fingerprint density at radius 1 is 0.966 bits per heavy atom. The third-order valence-corrected chi connectivity index (χ3v) is 6.96. The van der Waals surface area contributed by atoms with E-state index in [1.165, 1.54) is 38.5 Å². The Hall–Kier alpha value is -2.55. The first-order valence-electron chi connectivity index (χ1n) is 10.9. The van der Waals surface area contributed by atoms with Gasteiger partial charge in [0.25, 0.3) is 0 Å². The minimum Gasteiger partial charge on any atom is -0.489 e. The van der Waals surface area contributed by atoms with E-state index in [-0.39, 0.29) is 11.4 Å². The molecule has 29 heavy (non-hydrogen) atoms. The Morgan fingerprint density at radius 2 is 1.66 bits per heavy atom. The number of rotatable bonds is 6. The van der Waals surface area contributed by atoms with Gasteiger partial charge in [0.05, 0.1) is 0 Å². The average Bonchev–Trinajstić information content (AvgIpc) is 2.70. The molecule has 0 saturated heterocycles. The fraction of sp³-hybridized carbons (Fsp3) is 0.423. The van der Waals surface area contributed by atoms with E-state index in [0.29, 0.717) is 6.61 Å². The topological polar surface area (TPSA) is 38.3 Å². The van der Waals surface area contributed by atoms with Crippen molar-refractivity contribution >= 4 is 12.0 Å². The maximum absolute atomic E-state index is 12.7. The number of benzene rings is 2. The molecule has 3 nitrogen and oxygen atoms in total. The molecule has 1 amide bonds. The highest BCUT2D eigenvalue weighted by Crippen LogP contribution is 2.55. The Balaban J connectivity index is 1.19. The molecule has 3 heteroatoms. The molecular weight excluding hydrogens is 358 g/mol. The second-order valence-electron chi connectivity index (χ2n) is 9.37. The van der Waals surface area contributed by atoms with Crippen molar-refractivity contribution < 1.29 is 9.53 Å². The van der Waals surface area contributed by atoms with E-state index < -0.39 is 0 Å². The highest BCUT2D eigenvalue weighted by molar-refractivity contribution is 5.92. The van der Waals surface area contributed by atoms with Crippen LogP contribution in [0.1, 0.15) is 49.7 Å². The van der Waals surface area contributed by atoms with E-state index >= 15 is 0 Å². The Bertz CT molecular complexity index is 867. The number of carbonyl (C=O) groups is 1. The quantitative estimate of drug-likeness (QED) is 0.677. The van der Waals surface area contributed by atoms with Crippen LogP contribution in [0.25, 0.3) is 6.08 Å². The third-order valence-electron chi connectivity index (χ3n) is 6.96. The van der Waals surface area contributed by atoms with Gasteiger partial charge in [-0.15, -0.1) is 0 Å². The number of ether oxygens (including phenoxy) is 1. The van der Waals surface area contributed by atoms with Crippen molar-refractivity contribution in [3.05, 3.63) is 71.8 Å². The van der Waals surface area contributed by atoms with Crippen molar-refractivity contribution in [1.82, 2.24) is 5.32 Å². The molecule has 4 bridgehead atoms. The zero-order chi connectivity index (χ0) is 19.7. The summed E-state index contributed by atoms with van der Waals surface area (Å²) in [5, 5.41) is 3.40. The fourth-order valence-electron chi connectivity index (χ4n) is 6.19. The van der Waals surface area contributed by atoms with Crippen LogP contribution in [-0.4, -0.2) is 11.4 Å². The van der Waals surface area contributed by atoms with Gasteiger partial charge in [-0.25, -0.2) is 0 Å². The van der Waals surface area contributed by atoms with Gasteiger partial charge in [-0.2, -0.15) is 0 Å². The van der Waals surface area contributed by atoms with Crippen LogP contribution in [0.15, 0.2) is 60.7 Å². The van der Waals surface area contributed by atoms with Crippen LogP contribution in [0, 0.1) is 17.8 Å². The number of carbonyl (C=O) groups excluding carboxylic acids is 1. The lowest BCUT2D eigenvalue weighted by atomic mass is 9.53. The van der Waals surface area contributed by atoms with Crippen LogP contribution in [0.4, 0.5) is 0 Å². The molecular formula is C26H29NO2. The number of nitrogens with one attached hydrogen (secondary N) is 1. The lowest BCUT2D eigenvalue weighted by Gasteiger charge is -2.56. The summed E-state index contributed by atoms with van der Waals surface area (Å²) < 4.78 is 5.90. The normalized spacial score (nSPS) is 29.9. The molecule has 0 unspecified atom stereocenters. The second-order valence-corrected chi connectivity index (χ2v) is 9.37. The second kappa shape index (κ2) is 7.70. The minimum absolute atomic E-state index is 0.0440. The molecule has 4 saturated carbocycles. The highest BCUT2D eigenvalue weighted by atomic mass is 16.5. The van der Waals surface area contributed by atoms with Crippen molar-refractivity contribution in [2.75, 3.05) is 0 Å². The van der Waals surface area contributed by atoms with E-state index in [1.54, 1.807) is 6.08 Å². The van der Waals surface area contributed by atoms with Gasteiger partial charge in [-0.05, 0) is 85.6 Å². The molecule has 0 radical (unpaired) electrons. The predicted molar refractivity (Wildman–Crippen MR) is 115 cm³/mol. The molecule has 150 valence electrons. The summed E-state index contributed by atoms with van der Waals surface area (Å²) in [6, 6.07) is 18.1. The van der Waals surface area contributed by atoms with E-state index in [2.05, 4.69) is 17.4 Å². The fourth-order valence-corrected chi connectivity index (χ4v) is 6.19. The summed E-state index contributed by atoms with van der Waals surface area (Å²) in [7, 11) is 0. The first-order chi connectivity index (χ1) is 14.2. The van der Waals surface area contributed by atoms with Crippen LogP contribution >= 0.6 is 0 Å². The molecule has 0 heterocycles. The molecule has 4 aliphatic carbocycles. The standard InChI is InChI=1S/C26H29NO2/c28-25(27-26-15-21-11-22(16-26)13-23(12-21)17-26)10-9-19-7-4-8-24(14-19)29-18-20-5-2-1-3-6-20/h1-10,14,21-23H,11-13,15-18H2,(H,27,28)/b10-9+. The van der Waals surface area contributed by atoms with Crippen molar-refractivity contribution in [1.29, 1.82) is 0 Å². The number of hydrogen-bond donors (Lipinski definition) is 1. The Labute approximate surface area is 173 Å². The van der Waals surface area contributed by atoms with E-state index in [0.717, 1.165) is 34.6 Å². The van der Waals surface area contributed by atoms with Crippen LogP contribution in [0.2, 0.25) is 0 Å². The SMILES string of the molecule is O=C(/C=C/c1cccc(OCc2ccccc2)c1)NC12CC3CC(CC(C3)C1)C2. The zero-order valence-corrected chi connectivity index (χ0v) is 16.8. The van der Waals surface area contributed by atoms with Crippen LogP contribution in [0.5, 0.6) is 5.75 Å². The molecule has 4 fully saturated rings. The largest absolute Gasteiger partial charge is 0.489 e. The zero-order valence-electron chi connectivity index (χ0n) is 16.8. The summed E-state index contributed by atoms with van der Waals surface area (Å²) in [6.07, 6.45) is 11.3. The maximum Gasteiger partial charge on any atom is 0.244 e. The van der Waals surface area contributed by atoms with E-state index in [1.807, 2.05) is 48.5 Å². The lowest BCUT2D eigenvalue weighted by Crippen LogP contribution is -2.59. The molecule has 2 aromatic rings. The van der Waals surface area contributed by atoms with Crippen molar-refractivity contribution in [2.45, 2.75) is 50.7 Å². The predicted octanol–water partition coefficient (Wildman–Crippen LogP) is 5.36. The highest BCUT2D eigenvalue weighted by Gasteiger charge is 2.51. The molecule has 4 aliphatic rings. The maximum atomic E-state index is 12.7. The summed E-state index contributed by atoms with van der Waals surface area (Å²) >= 11 is 0.